The zero-order chi connectivity index (χ0) is 87.4. The summed E-state index contributed by atoms with van der Waals surface area (Å²) in [5.74, 6) is 4.26. The van der Waals surface area contributed by atoms with Crippen LogP contribution in [0, 0.1) is 28.6 Å². The molecular formula is C92H115ClF2N24O6. The van der Waals surface area contributed by atoms with E-state index in [4.69, 9.17) is 68.9 Å². The minimum absolute atomic E-state index is 0.0279. The lowest BCUT2D eigenvalue weighted by Gasteiger charge is -2.42. The summed E-state index contributed by atoms with van der Waals surface area (Å²) >= 11 is 6.67. The summed E-state index contributed by atoms with van der Waals surface area (Å²) in [5, 5.41) is 3.82. The fourth-order valence-corrected chi connectivity index (χ4v) is 21.7. The number of hydrogen-bond donors (Lipinski definition) is 5. The summed E-state index contributed by atoms with van der Waals surface area (Å²) in [5.41, 5.74) is 37.4. The van der Waals surface area contributed by atoms with Crippen molar-refractivity contribution in [2.75, 3.05) is 109 Å². The number of fused-ring (bicyclic) bond motifs is 4. The van der Waals surface area contributed by atoms with Gasteiger partial charge in [0.15, 0.2) is 0 Å². The molecule has 21 rings (SSSR count). The van der Waals surface area contributed by atoms with Crippen molar-refractivity contribution in [2.45, 2.75) is 192 Å². The van der Waals surface area contributed by atoms with Crippen molar-refractivity contribution in [3.05, 3.63) is 204 Å². The van der Waals surface area contributed by atoms with E-state index in [9.17, 15) is 28.0 Å². The van der Waals surface area contributed by atoms with E-state index in [1.54, 1.807) is 51.7 Å². The lowest BCUT2D eigenvalue weighted by atomic mass is 9.73. The smallest absolute Gasteiger partial charge is 0.264 e. The average Bonchev–Trinajstić information content (AvgIpc) is 1.63. The Labute approximate surface area is 730 Å². The monoisotopic (exact) mass is 1720 g/mol. The fourth-order valence-electron chi connectivity index (χ4n) is 21.4. The molecule has 125 heavy (non-hydrogen) atoms. The van der Waals surface area contributed by atoms with E-state index in [1.807, 2.05) is 106 Å². The summed E-state index contributed by atoms with van der Waals surface area (Å²) in [6, 6.07) is 25.8. The Hall–Kier alpha value is -10.4. The van der Waals surface area contributed by atoms with Crippen molar-refractivity contribution in [3.63, 3.8) is 0 Å². The van der Waals surface area contributed by atoms with Crippen LogP contribution in [0.4, 0.5) is 44.2 Å². The normalized spacial score (nSPS) is 25.0. The number of piperidine rings is 4. The summed E-state index contributed by atoms with van der Waals surface area (Å²) in [6.07, 6.45) is 11.6. The molecule has 13 aliphatic rings. The molecule has 9 fully saturated rings. The van der Waals surface area contributed by atoms with Gasteiger partial charge in [0.05, 0.1) is 124 Å². The Morgan fingerprint density at radius 1 is 0.464 bits per heavy atom. The molecular weight excluding hydrogens is 1610 g/mol. The third kappa shape index (κ3) is 15.6. The molecule has 33 heteroatoms. The Balaban J connectivity index is 0.000000113. The highest BCUT2D eigenvalue weighted by Crippen LogP contribution is 2.50. The molecule has 8 aromatic rings. The number of aryl methyl sites for hydroxylation is 1. The van der Waals surface area contributed by atoms with Crippen LogP contribution < -0.4 is 75.0 Å². The number of halogens is 3. The zero-order valence-electron chi connectivity index (χ0n) is 73.0. The van der Waals surface area contributed by atoms with E-state index in [2.05, 4.69) is 63.7 Å². The van der Waals surface area contributed by atoms with E-state index >= 15 is 0 Å². The molecule has 6 aromatic heterocycles. The number of nitrogens with zero attached hydrogens (tertiary/aromatic N) is 19. The van der Waals surface area contributed by atoms with E-state index in [0.29, 0.717) is 145 Å². The van der Waals surface area contributed by atoms with Crippen LogP contribution in [0.15, 0.2) is 124 Å². The Bertz CT molecular complexity index is 5740. The molecule has 3 aliphatic carbocycles. The predicted octanol–water partition coefficient (Wildman–Crippen LogP) is 7.67. The van der Waals surface area contributed by atoms with Gasteiger partial charge in [-0.3, -0.25) is 57.4 Å². The van der Waals surface area contributed by atoms with E-state index in [-0.39, 0.29) is 80.3 Å². The molecule has 660 valence electrons. The standard InChI is InChI=1S/C24H29ClFN7O.C24H33N7O2.C22H26FN5O.C22H27N5O2/c1-32-22(34)18-16(12-29-20(18)15-4-7-28-21(19(15)25)30-14-2-3-14)31-23(32)33-8-5-24(6-9-33)11-13(26)10-17(24)27;1-14-16(6-7-18(27-14)29(3)4)20-19-17(12-26-20)28-23(30(5)22(19)32)31-10-8-24(9-11-31)13-33-15(2)21(24)25;1-27-20(29)18-16(13-25-19(18)14-5-3-2-4-6-14)26-21(27)28-9-7-22(8-10-28)12-15(23)11-17(22)24;1-14-19(23)22(13-29-14)8-10-27(11-9-22)21-25-16-12-24-18(15-6-4-3-5-7-15)17(16)20(28)26(21)2/h4,7,13-14,17H,2-3,5-6,8-12,27H2,1H3,(H,28,30);6-7,15,21H,8-13,25H2,1-5H3;2-6,15,17H,7-13,24H2,1H3;3-7,14,19H,8-13,23H2,1-2H3/t13-,17-;15-,21+;15-,17-;14-,19+/m1010/s1. The van der Waals surface area contributed by atoms with Crippen molar-refractivity contribution in [1.82, 2.24) is 48.2 Å². The van der Waals surface area contributed by atoms with Gasteiger partial charge in [-0.25, -0.2) is 38.7 Å². The van der Waals surface area contributed by atoms with Crippen LogP contribution in [0.2, 0.25) is 5.02 Å². The van der Waals surface area contributed by atoms with Gasteiger partial charge in [0.2, 0.25) is 23.8 Å². The number of anilines is 6. The highest BCUT2D eigenvalue weighted by Gasteiger charge is 2.52. The average molecular weight is 1730 g/mol. The second kappa shape index (κ2) is 33.8. The third-order valence-electron chi connectivity index (χ3n) is 29.5. The van der Waals surface area contributed by atoms with Crippen LogP contribution in [0.3, 0.4) is 0 Å². The molecule has 2 aromatic carbocycles. The Morgan fingerprint density at radius 3 is 1.13 bits per heavy atom. The topological polar surface area (TPSA) is 366 Å². The van der Waals surface area contributed by atoms with Gasteiger partial charge in [0, 0.05) is 170 Å². The van der Waals surface area contributed by atoms with Crippen molar-refractivity contribution in [1.29, 1.82) is 0 Å². The molecule has 0 bridgehead atoms. The maximum atomic E-state index is 14.0. The minimum Gasteiger partial charge on any atom is -0.376 e. The summed E-state index contributed by atoms with van der Waals surface area (Å²) in [6.45, 7) is 15.3. The second-order valence-corrected chi connectivity index (χ2v) is 37.6. The second-order valence-electron chi connectivity index (χ2n) is 37.2. The number of aromatic nitrogens is 10. The number of nitrogens with one attached hydrogen (secondary N) is 1. The van der Waals surface area contributed by atoms with Crippen LogP contribution in [0.5, 0.6) is 0 Å². The molecule has 9 N–H and O–H groups in total. The first kappa shape index (κ1) is 85.4. The van der Waals surface area contributed by atoms with Crippen LogP contribution in [-0.2, 0) is 63.8 Å². The number of benzene rings is 2. The van der Waals surface area contributed by atoms with Gasteiger partial charge in [-0.2, -0.15) is 0 Å². The van der Waals surface area contributed by atoms with Crippen molar-refractivity contribution in [3.8, 4) is 0 Å². The van der Waals surface area contributed by atoms with Gasteiger partial charge in [-0.15, -0.1) is 0 Å². The number of aliphatic imine (C=N–C) groups is 4. The van der Waals surface area contributed by atoms with E-state index in [0.717, 1.165) is 179 Å². The lowest BCUT2D eigenvalue weighted by molar-refractivity contribution is 0.0972. The highest BCUT2D eigenvalue weighted by atomic mass is 35.5. The molecule has 0 unspecified atom stereocenters. The van der Waals surface area contributed by atoms with Gasteiger partial charge in [0.1, 0.15) is 24.0 Å². The van der Waals surface area contributed by atoms with Crippen LogP contribution in [0.25, 0.3) is 0 Å². The van der Waals surface area contributed by atoms with Gasteiger partial charge in [-0.1, -0.05) is 72.3 Å². The van der Waals surface area contributed by atoms with Gasteiger partial charge in [-0.05, 0) is 140 Å². The molecule has 16 heterocycles. The first-order valence-corrected chi connectivity index (χ1v) is 44.7. The van der Waals surface area contributed by atoms with E-state index < -0.39 is 12.3 Å². The summed E-state index contributed by atoms with van der Waals surface area (Å²) in [4.78, 5) is 111. The molecule has 0 radical (unpaired) electrons. The Kier molecular flexibility index (Phi) is 23.1. The molecule has 10 aliphatic heterocycles. The quantitative estimate of drug-likeness (QED) is 0.0828. The molecule has 8 atom stereocenters. The molecule has 30 nitrogen and oxygen atoms in total. The number of ether oxygens (including phenoxy) is 2. The number of hydrogen-bond acceptors (Lipinski definition) is 26. The maximum Gasteiger partial charge on any atom is 0.264 e. The van der Waals surface area contributed by atoms with Gasteiger partial charge in [0.25, 0.3) is 22.2 Å². The van der Waals surface area contributed by atoms with Crippen molar-refractivity contribution >= 4 is 69.9 Å². The number of rotatable bonds is 11. The largest absolute Gasteiger partial charge is 0.376 e. The van der Waals surface area contributed by atoms with Crippen molar-refractivity contribution < 1.29 is 18.3 Å². The summed E-state index contributed by atoms with van der Waals surface area (Å²) in [7, 11) is 11.1. The molecule has 6 saturated heterocycles. The van der Waals surface area contributed by atoms with Gasteiger partial charge < -0.3 is 62.2 Å². The van der Waals surface area contributed by atoms with E-state index in [1.165, 1.54) is 0 Å². The van der Waals surface area contributed by atoms with Crippen LogP contribution in [-0.4, -0.2) is 205 Å². The number of nitrogens with two attached hydrogens (primary N) is 4. The Morgan fingerprint density at radius 2 is 0.808 bits per heavy atom. The highest BCUT2D eigenvalue weighted by molar-refractivity contribution is 6.38. The third-order valence-corrected chi connectivity index (χ3v) is 29.9. The van der Waals surface area contributed by atoms with Crippen LogP contribution in [0.1, 0.15) is 177 Å². The molecule has 3 saturated carbocycles. The maximum absolute atomic E-state index is 14.0. The summed E-state index contributed by atoms with van der Waals surface area (Å²) < 4.78 is 46.2. The minimum atomic E-state index is -0.806. The fraction of sp³-hybridized carbons (Fsp3) is 0.543. The van der Waals surface area contributed by atoms with Crippen molar-refractivity contribution in [2.24, 2.45) is 92.8 Å². The van der Waals surface area contributed by atoms with Crippen LogP contribution >= 0.6 is 11.6 Å². The molecule has 0 amide bonds. The predicted molar refractivity (Wildman–Crippen MR) is 484 cm³/mol. The first-order valence-electron chi connectivity index (χ1n) is 44.4. The first-order chi connectivity index (χ1) is 60.1. The SMILES string of the molecule is C[C@@H]1OCC2(CCN(c3nc4c(c(=O)n3C)C(c3ccccc3)=NC4)CC2)[C@@H]1N.Cc1nc(N(C)C)ccc1C1=NCc2nc(N3CCC4(CC3)CO[C@@H](C)[C@H]4N)n(C)c(=O)c21.Cn1c(N2CCC3(CC2)C[C@H](F)C[C@H]3N)nc2c(c1=O)C(c1ccccc1)=NC2.Cn1c(N2CCC3(CC2)C[C@H](F)C[C@H]3N)nc2c(c1=O)C(c1ccnc(NC3CC3)c1Cl)=NC2. The van der Waals surface area contributed by atoms with Gasteiger partial charge >= 0.3 is 0 Å². The zero-order valence-corrected chi connectivity index (χ0v) is 73.7. The lowest BCUT2D eigenvalue weighted by Crippen LogP contribution is -2.51. The number of alkyl halides is 2. The number of pyridine rings is 2. The molecule has 4 spiro atoms.